The zero-order valence-electron chi connectivity index (χ0n) is 12.3. The first-order valence-corrected chi connectivity index (χ1v) is 8.93. The molecule has 0 amide bonds. The number of hydrogen-bond acceptors (Lipinski definition) is 5. The first kappa shape index (κ1) is 16.2. The van der Waals surface area contributed by atoms with Crippen LogP contribution in [0.5, 0.6) is 0 Å². The molecule has 2 aromatic heterocycles. The van der Waals surface area contributed by atoms with Gasteiger partial charge in [0.25, 0.3) is 10.0 Å². The summed E-state index contributed by atoms with van der Waals surface area (Å²) in [4.78, 5) is 1.14. The second-order valence-corrected chi connectivity index (χ2v) is 8.09. The molecule has 0 aliphatic heterocycles. The Morgan fingerprint density at radius 1 is 1.43 bits per heavy atom. The third-order valence-electron chi connectivity index (χ3n) is 3.21. The van der Waals surface area contributed by atoms with Crippen LogP contribution < -0.4 is 10.0 Å². The van der Waals surface area contributed by atoms with Crippen LogP contribution in [0.25, 0.3) is 0 Å². The van der Waals surface area contributed by atoms with Crippen LogP contribution in [-0.4, -0.2) is 32.2 Å². The standard InChI is InChI=1S/C13H20N4O2S2/c1-13(2,11-5-4-6-20-11)9-16-21(18,19)12-10(7-14-3)8-15-17-12/h4-6,8,14,16H,7,9H2,1-3H3,(H,15,17). The number of sulfonamides is 1. The van der Waals surface area contributed by atoms with Gasteiger partial charge in [0.05, 0.1) is 6.20 Å². The van der Waals surface area contributed by atoms with Crippen molar-refractivity contribution in [3.8, 4) is 0 Å². The summed E-state index contributed by atoms with van der Waals surface area (Å²) in [6.07, 6.45) is 1.52. The number of thiophene rings is 1. The lowest BCUT2D eigenvalue weighted by atomic mass is 9.92. The lowest BCUT2D eigenvalue weighted by Gasteiger charge is -2.23. The zero-order valence-corrected chi connectivity index (χ0v) is 13.9. The van der Waals surface area contributed by atoms with Crippen LogP contribution in [-0.2, 0) is 22.0 Å². The van der Waals surface area contributed by atoms with Crippen molar-refractivity contribution in [2.24, 2.45) is 0 Å². The maximum Gasteiger partial charge on any atom is 0.257 e. The van der Waals surface area contributed by atoms with Crippen molar-refractivity contribution in [2.45, 2.75) is 30.8 Å². The molecule has 0 aromatic carbocycles. The van der Waals surface area contributed by atoms with Gasteiger partial charge in [-0.05, 0) is 18.5 Å². The molecular weight excluding hydrogens is 308 g/mol. The smallest absolute Gasteiger partial charge is 0.257 e. The fraction of sp³-hybridized carbons (Fsp3) is 0.462. The summed E-state index contributed by atoms with van der Waals surface area (Å²) in [6.45, 7) is 4.81. The molecule has 0 unspecified atom stereocenters. The van der Waals surface area contributed by atoms with Gasteiger partial charge in [0.15, 0.2) is 5.03 Å². The van der Waals surface area contributed by atoms with Crippen molar-refractivity contribution >= 4 is 21.4 Å². The van der Waals surface area contributed by atoms with Crippen molar-refractivity contribution in [3.63, 3.8) is 0 Å². The predicted molar refractivity (Wildman–Crippen MR) is 83.9 cm³/mol. The molecule has 0 bridgehead atoms. The van der Waals surface area contributed by atoms with E-state index >= 15 is 0 Å². The van der Waals surface area contributed by atoms with E-state index in [1.165, 1.54) is 6.20 Å². The lowest BCUT2D eigenvalue weighted by molar-refractivity contribution is 0.507. The molecule has 0 fully saturated rings. The molecule has 0 saturated carbocycles. The van der Waals surface area contributed by atoms with E-state index in [0.29, 0.717) is 18.7 Å². The predicted octanol–water partition coefficient (Wildman–Crippen LogP) is 1.45. The monoisotopic (exact) mass is 328 g/mol. The first-order chi connectivity index (χ1) is 9.87. The number of nitrogens with zero attached hydrogens (tertiary/aromatic N) is 1. The van der Waals surface area contributed by atoms with Crippen LogP contribution in [0, 0.1) is 0 Å². The average molecular weight is 328 g/mol. The highest BCUT2D eigenvalue weighted by atomic mass is 32.2. The Kier molecular flexibility index (Phi) is 4.82. The van der Waals surface area contributed by atoms with Gasteiger partial charge < -0.3 is 5.32 Å². The summed E-state index contributed by atoms with van der Waals surface area (Å²) < 4.78 is 27.5. The fourth-order valence-corrected chi connectivity index (χ4v) is 4.14. The Balaban J connectivity index is 2.13. The molecule has 2 heterocycles. The topological polar surface area (TPSA) is 86.9 Å². The molecule has 0 atom stereocenters. The van der Waals surface area contributed by atoms with Crippen molar-refractivity contribution < 1.29 is 8.42 Å². The molecule has 2 rings (SSSR count). The van der Waals surface area contributed by atoms with Crippen molar-refractivity contribution in [3.05, 3.63) is 34.2 Å². The third-order valence-corrected chi connectivity index (χ3v) is 5.86. The summed E-state index contributed by atoms with van der Waals surface area (Å²) in [7, 11) is -1.84. The van der Waals surface area contributed by atoms with Crippen LogP contribution in [0.2, 0.25) is 0 Å². The number of aromatic nitrogens is 2. The van der Waals surface area contributed by atoms with E-state index in [1.54, 1.807) is 18.4 Å². The summed E-state index contributed by atoms with van der Waals surface area (Å²) in [5.41, 5.74) is 0.365. The van der Waals surface area contributed by atoms with Gasteiger partial charge in [-0.2, -0.15) is 5.10 Å². The molecule has 116 valence electrons. The Labute approximate surface area is 129 Å². The minimum atomic E-state index is -3.60. The molecule has 0 radical (unpaired) electrons. The molecular formula is C13H20N4O2S2. The van der Waals surface area contributed by atoms with Crippen LogP contribution >= 0.6 is 11.3 Å². The van der Waals surface area contributed by atoms with Crippen LogP contribution in [0.4, 0.5) is 0 Å². The Bertz CT molecular complexity index is 675. The Morgan fingerprint density at radius 3 is 2.81 bits per heavy atom. The molecule has 0 aliphatic rings. The van der Waals surface area contributed by atoms with E-state index in [1.807, 2.05) is 31.4 Å². The van der Waals surface area contributed by atoms with Gasteiger partial charge in [0.2, 0.25) is 0 Å². The molecule has 2 aromatic rings. The minimum Gasteiger partial charge on any atom is -0.316 e. The first-order valence-electron chi connectivity index (χ1n) is 6.57. The van der Waals surface area contributed by atoms with Crippen molar-refractivity contribution in [2.75, 3.05) is 13.6 Å². The molecule has 6 nitrogen and oxygen atoms in total. The second-order valence-electron chi connectivity index (χ2n) is 5.44. The van der Waals surface area contributed by atoms with E-state index in [2.05, 4.69) is 20.2 Å². The summed E-state index contributed by atoms with van der Waals surface area (Å²) in [5.74, 6) is 0. The molecule has 0 aliphatic carbocycles. The Morgan fingerprint density at radius 2 is 2.19 bits per heavy atom. The maximum absolute atomic E-state index is 12.4. The molecule has 0 spiro atoms. The Hall–Kier alpha value is -1.22. The fourth-order valence-electron chi connectivity index (χ4n) is 1.95. The van der Waals surface area contributed by atoms with Crippen molar-refractivity contribution in [1.29, 1.82) is 0 Å². The second kappa shape index (κ2) is 6.27. The molecule has 3 N–H and O–H groups in total. The van der Waals surface area contributed by atoms with Gasteiger partial charge in [-0.15, -0.1) is 11.3 Å². The van der Waals surface area contributed by atoms with Crippen LogP contribution in [0.1, 0.15) is 24.3 Å². The number of H-pyrrole nitrogens is 1. The summed E-state index contributed by atoms with van der Waals surface area (Å²) in [5, 5.41) is 11.4. The van der Waals surface area contributed by atoms with Crippen molar-refractivity contribution in [1.82, 2.24) is 20.2 Å². The average Bonchev–Trinajstić information content (AvgIpc) is 3.08. The van der Waals surface area contributed by atoms with Gasteiger partial charge in [0.1, 0.15) is 0 Å². The van der Waals surface area contributed by atoms with Gasteiger partial charge >= 0.3 is 0 Å². The summed E-state index contributed by atoms with van der Waals surface area (Å²) in [6, 6.07) is 3.98. The van der Waals surface area contributed by atoms with E-state index in [4.69, 9.17) is 0 Å². The van der Waals surface area contributed by atoms with Gasteiger partial charge in [-0.25, -0.2) is 13.1 Å². The third kappa shape index (κ3) is 3.70. The highest BCUT2D eigenvalue weighted by molar-refractivity contribution is 7.89. The van der Waals surface area contributed by atoms with E-state index < -0.39 is 10.0 Å². The molecule has 8 heteroatoms. The van der Waals surface area contributed by atoms with Gasteiger partial charge in [-0.3, -0.25) is 5.10 Å². The largest absolute Gasteiger partial charge is 0.316 e. The normalized spacial score (nSPS) is 12.7. The van der Waals surface area contributed by atoms with Gasteiger partial charge in [-0.1, -0.05) is 19.9 Å². The van der Waals surface area contributed by atoms with Crippen LogP contribution in [0.15, 0.2) is 28.7 Å². The number of hydrogen-bond donors (Lipinski definition) is 3. The SMILES string of the molecule is CNCc1cn[nH]c1S(=O)(=O)NCC(C)(C)c1cccs1. The van der Waals surface area contributed by atoms with Crippen LogP contribution in [0.3, 0.4) is 0 Å². The minimum absolute atomic E-state index is 0.124. The maximum atomic E-state index is 12.4. The molecule has 21 heavy (non-hydrogen) atoms. The summed E-state index contributed by atoms with van der Waals surface area (Å²) >= 11 is 1.62. The van der Waals surface area contributed by atoms with Gasteiger partial charge in [0, 0.05) is 28.9 Å². The number of rotatable bonds is 7. The number of aromatic amines is 1. The lowest BCUT2D eigenvalue weighted by Crippen LogP contribution is -2.36. The number of nitrogens with one attached hydrogen (secondary N) is 3. The zero-order chi connectivity index (χ0) is 15.5. The quantitative estimate of drug-likeness (QED) is 0.718. The van der Waals surface area contributed by atoms with E-state index in [-0.39, 0.29) is 10.4 Å². The highest BCUT2D eigenvalue weighted by Crippen LogP contribution is 2.27. The van der Waals surface area contributed by atoms with E-state index in [9.17, 15) is 8.42 Å². The molecule has 0 saturated heterocycles. The van der Waals surface area contributed by atoms with E-state index in [0.717, 1.165) is 4.88 Å². The highest BCUT2D eigenvalue weighted by Gasteiger charge is 2.27.